The van der Waals surface area contributed by atoms with Crippen molar-refractivity contribution in [2.45, 2.75) is 6.54 Å². The predicted octanol–water partition coefficient (Wildman–Crippen LogP) is 2.95. The van der Waals surface area contributed by atoms with Crippen LogP contribution < -0.4 is 10.2 Å². The Morgan fingerprint density at radius 3 is 2.46 bits per heavy atom. The summed E-state index contributed by atoms with van der Waals surface area (Å²) in [6, 6.07) is 16.0. The van der Waals surface area contributed by atoms with Crippen LogP contribution in [-0.2, 0) is 6.54 Å². The fourth-order valence-electron chi connectivity index (χ4n) is 3.38. The van der Waals surface area contributed by atoms with Crippen molar-refractivity contribution in [1.29, 1.82) is 0 Å². The number of likely N-dealkylation sites (N-methyl/N-ethyl adjacent to an activating group) is 1. The molecule has 3 rings (SSSR count). The minimum atomic E-state index is -0.00347. The molecule has 1 aliphatic rings. The third-order valence-corrected chi connectivity index (χ3v) is 5.26. The molecule has 1 heterocycles. The van der Waals surface area contributed by atoms with Crippen molar-refractivity contribution < 1.29 is 4.79 Å². The molecule has 0 aliphatic carbocycles. The van der Waals surface area contributed by atoms with Crippen molar-refractivity contribution in [2.24, 2.45) is 0 Å². The molecule has 28 heavy (non-hydrogen) atoms. The van der Waals surface area contributed by atoms with Gasteiger partial charge in [-0.05, 0) is 56.1 Å². The maximum absolute atomic E-state index is 12.3. The van der Waals surface area contributed by atoms with Crippen molar-refractivity contribution in [3.05, 3.63) is 64.7 Å². The molecular formula is C22H29ClN4O. The summed E-state index contributed by atoms with van der Waals surface area (Å²) in [6.45, 7) is 6.35. The number of piperazine rings is 1. The van der Waals surface area contributed by atoms with Crippen molar-refractivity contribution in [1.82, 2.24) is 15.1 Å². The second kappa shape index (κ2) is 9.92. The molecule has 2 aromatic carbocycles. The average Bonchev–Trinajstić information content (AvgIpc) is 2.69. The fourth-order valence-corrected chi connectivity index (χ4v) is 3.51. The summed E-state index contributed by atoms with van der Waals surface area (Å²) in [5, 5.41) is 3.75. The highest BCUT2D eigenvalue weighted by atomic mass is 35.5. The van der Waals surface area contributed by atoms with Crippen LogP contribution in [0.2, 0.25) is 5.02 Å². The zero-order valence-corrected chi connectivity index (χ0v) is 17.5. The van der Waals surface area contributed by atoms with Crippen LogP contribution in [0.15, 0.2) is 48.5 Å². The highest BCUT2D eigenvalue weighted by Crippen LogP contribution is 2.20. The van der Waals surface area contributed by atoms with Gasteiger partial charge in [0.25, 0.3) is 5.91 Å². The molecule has 0 saturated carbocycles. The SMILES string of the molecule is CN(C)CCNC(=O)c1cccc(CN2CCN(c3ccc(Cl)cc3)CC2)c1. The van der Waals surface area contributed by atoms with Crippen molar-refractivity contribution in [2.75, 3.05) is 58.3 Å². The number of hydrogen-bond acceptors (Lipinski definition) is 4. The summed E-state index contributed by atoms with van der Waals surface area (Å²) in [5.74, 6) is -0.00347. The Bertz CT molecular complexity index is 770. The minimum Gasteiger partial charge on any atom is -0.369 e. The predicted molar refractivity (Wildman–Crippen MR) is 116 cm³/mol. The summed E-state index contributed by atoms with van der Waals surface area (Å²) >= 11 is 5.98. The lowest BCUT2D eigenvalue weighted by Gasteiger charge is -2.36. The summed E-state index contributed by atoms with van der Waals surface area (Å²) < 4.78 is 0. The third kappa shape index (κ3) is 5.96. The monoisotopic (exact) mass is 400 g/mol. The Labute approximate surface area is 172 Å². The van der Waals surface area contributed by atoms with Crippen molar-refractivity contribution in [3.8, 4) is 0 Å². The van der Waals surface area contributed by atoms with Gasteiger partial charge in [0.1, 0.15) is 0 Å². The summed E-state index contributed by atoms with van der Waals surface area (Å²) in [4.78, 5) is 19.2. The van der Waals surface area contributed by atoms with Crippen LogP contribution in [0.25, 0.3) is 0 Å². The number of halogens is 1. The average molecular weight is 401 g/mol. The van der Waals surface area contributed by atoms with Gasteiger partial charge in [0.05, 0.1) is 0 Å². The van der Waals surface area contributed by atoms with E-state index in [0.29, 0.717) is 6.54 Å². The Morgan fingerprint density at radius 1 is 1.07 bits per heavy atom. The van der Waals surface area contributed by atoms with Crippen LogP contribution in [0, 0.1) is 0 Å². The van der Waals surface area contributed by atoms with Crippen molar-refractivity contribution in [3.63, 3.8) is 0 Å². The molecule has 150 valence electrons. The van der Waals surface area contributed by atoms with Gasteiger partial charge >= 0.3 is 0 Å². The summed E-state index contributed by atoms with van der Waals surface area (Å²) in [6.07, 6.45) is 0. The second-order valence-corrected chi connectivity index (χ2v) is 7.94. The van der Waals surface area contributed by atoms with Crippen LogP contribution >= 0.6 is 11.6 Å². The van der Waals surface area contributed by atoms with E-state index >= 15 is 0 Å². The molecule has 1 N–H and O–H groups in total. The first-order valence-corrected chi connectivity index (χ1v) is 10.1. The smallest absolute Gasteiger partial charge is 0.251 e. The zero-order chi connectivity index (χ0) is 19.9. The van der Waals surface area contributed by atoms with E-state index in [1.165, 1.54) is 11.3 Å². The van der Waals surface area contributed by atoms with Crippen LogP contribution in [0.4, 0.5) is 5.69 Å². The number of hydrogen-bond donors (Lipinski definition) is 1. The van der Waals surface area contributed by atoms with E-state index in [1.807, 2.05) is 44.4 Å². The van der Waals surface area contributed by atoms with E-state index < -0.39 is 0 Å². The van der Waals surface area contributed by atoms with E-state index in [9.17, 15) is 4.79 Å². The molecule has 2 aromatic rings. The number of benzene rings is 2. The Balaban J connectivity index is 1.51. The number of rotatable bonds is 7. The zero-order valence-electron chi connectivity index (χ0n) is 16.7. The first-order chi connectivity index (χ1) is 13.5. The molecule has 1 aliphatic heterocycles. The van der Waals surface area contributed by atoms with Gasteiger partial charge < -0.3 is 15.1 Å². The normalized spacial score (nSPS) is 15.1. The quantitative estimate of drug-likeness (QED) is 0.775. The van der Waals surface area contributed by atoms with Gasteiger partial charge in [-0.2, -0.15) is 0 Å². The maximum atomic E-state index is 12.3. The number of carbonyl (C=O) groups is 1. The number of amides is 1. The maximum Gasteiger partial charge on any atom is 0.251 e. The van der Waals surface area contributed by atoms with E-state index in [2.05, 4.69) is 38.2 Å². The minimum absolute atomic E-state index is 0.00347. The van der Waals surface area contributed by atoms with Gasteiger partial charge in [-0.15, -0.1) is 0 Å². The standard InChI is InChI=1S/C22H29ClN4O/c1-25(2)11-10-24-22(28)19-5-3-4-18(16-19)17-26-12-14-27(15-13-26)21-8-6-20(23)7-9-21/h3-9,16H,10-15,17H2,1-2H3,(H,24,28). The van der Waals surface area contributed by atoms with Gasteiger partial charge in [0.2, 0.25) is 0 Å². The second-order valence-electron chi connectivity index (χ2n) is 7.50. The third-order valence-electron chi connectivity index (χ3n) is 5.00. The van der Waals surface area contributed by atoms with E-state index in [0.717, 1.165) is 49.9 Å². The molecule has 6 heteroatoms. The lowest BCUT2D eigenvalue weighted by atomic mass is 10.1. The van der Waals surface area contributed by atoms with Gasteiger partial charge in [-0.1, -0.05) is 23.7 Å². The molecule has 5 nitrogen and oxygen atoms in total. The molecule has 0 radical (unpaired) electrons. The summed E-state index contributed by atoms with van der Waals surface area (Å²) in [7, 11) is 4.00. The van der Waals surface area contributed by atoms with E-state index in [-0.39, 0.29) is 5.91 Å². The lowest BCUT2D eigenvalue weighted by Crippen LogP contribution is -2.46. The molecular weight excluding hydrogens is 372 g/mol. The van der Waals surface area contributed by atoms with Gasteiger partial charge in [-0.3, -0.25) is 9.69 Å². The molecule has 1 saturated heterocycles. The molecule has 0 spiro atoms. The fraction of sp³-hybridized carbons (Fsp3) is 0.409. The number of anilines is 1. The van der Waals surface area contributed by atoms with Gasteiger partial charge in [0, 0.05) is 62.1 Å². The molecule has 0 atom stereocenters. The Morgan fingerprint density at radius 2 is 1.79 bits per heavy atom. The molecule has 0 bridgehead atoms. The summed E-state index contributed by atoms with van der Waals surface area (Å²) in [5.41, 5.74) is 3.14. The topological polar surface area (TPSA) is 38.8 Å². The van der Waals surface area contributed by atoms with Crippen LogP contribution in [-0.4, -0.2) is 69.1 Å². The Hall–Kier alpha value is -2.08. The van der Waals surface area contributed by atoms with Crippen molar-refractivity contribution >= 4 is 23.2 Å². The lowest BCUT2D eigenvalue weighted by molar-refractivity contribution is 0.0951. The van der Waals surface area contributed by atoms with E-state index in [1.54, 1.807) is 0 Å². The molecule has 1 fully saturated rings. The number of carbonyl (C=O) groups excluding carboxylic acids is 1. The molecule has 0 aromatic heterocycles. The number of nitrogens with one attached hydrogen (secondary N) is 1. The molecule has 1 amide bonds. The Kier molecular flexibility index (Phi) is 7.31. The van der Waals surface area contributed by atoms with Crippen LogP contribution in [0.3, 0.4) is 0 Å². The number of nitrogens with zero attached hydrogens (tertiary/aromatic N) is 3. The largest absolute Gasteiger partial charge is 0.369 e. The van der Waals surface area contributed by atoms with Crippen LogP contribution in [0.1, 0.15) is 15.9 Å². The first-order valence-electron chi connectivity index (χ1n) is 9.76. The molecule has 0 unspecified atom stereocenters. The van der Waals surface area contributed by atoms with Gasteiger partial charge in [0.15, 0.2) is 0 Å². The van der Waals surface area contributed by atoms with E-state index in [4.69, 9.17) is 11.6 Å². The van der Waals surface area contributed by atoms with Crippen LogP contribution in [0.5, 0.6) is 0 Å². The highest BCUT2D eigenvalue weighted by Gasteiger charge is 2.17. The van der Waals surface area contributed by atoms with Gasteiger partial charge in [-0.25, -0.2) is 0 Å². The highest BCUT2D eigenvalue weighted by molar-refractivity contribution is 6.30. The first kappa shape index (κ1) is 20.6.